The topological polar surface area (TPSA) is 87.3 Å². The van der Waals surface area contributed by atoms with Gasteiger partial charge in [-0.2, -0.15) is 0 Å². The molecule has 0 aromatic heterocycles. The Morgan fingerprint density at radius 2 is 1.77 bits per heavy atom. The number of nitrogens with one attached hydrogen (secondary N) is 3. The van der Waals surface area contributed by atoms with E-state index >= 15 is 0 Å². The largest absolute Gasteiger partial charge is 0.351 e. The third-order valence-corrected chi connectivity index (χ3v) is 5.15. The summed E-state index contributed by atoms with van der Waals surface area (Å²) < 4.78 is 27.5. The number of carbonyl (C=O) groups is 1. The minimum atomic E-state index is -3.82. The van der Waals surface area contributed by atoms with Gasteiger partial charge in [0, 0.05) is 18.1 Å². The van der Waals surface area contributed by atoms with Crippen molar-refractivity contribution < 1.29 is 13.2 Å². The van der Waals surface area contributed by atoms with Gasteiger partial charge in [-0.05, 0) is 43.3 Å². The first kappa shape index (κ1) is 20.2. The van der Waals surface area contributed by atoms with Gasteiger partial charge in [-0.1, -0.05) is 36.7 Å². The van der Waals surface area contributed by atoms with Crippen LogP contribution in [0.3, 0.4) is 0 Å². The molecule has 3 N–H and O–H groups in total. The van der Waals surface area contributed by atoms with E-state index in [1.165, 1.54) is 24.3 Å². The third-order valence-electron chi connectivity index (χ3n) is 3.54. The van der Waals surface area contributed by atoms with Gasteiger partial charge in [0.1, 0.15) is 0 Å². The fourth-order valence-corrected chi connectivity index (χ4v) is 3.53. The Kier molecular flexibility index (Phi) is 7.44. The Bertz CT molecular complexity index is 842. The Morgan fingerprint density at radius 1 is 1.04 bits per heavy atom. The van der Waals surface area contributed by atoms with Crippen molar-refractivity contribution in [2.75, 3.05) is 24.4 Å². The number of sulfonamides is 1. The van der Waals surface area contributed by atoms with E-state index < -0.39 is 10.0 Å². The van der Waals surface area contributed by atoms with Crippen LogP contribution in [-0.2, 0) is 10.0 Å². The van der Waals surface area contributed by atoms with E-state index in [0.29, 0.717) is 18.1 Å². The highest BCUT2D eigenvalue weighted by molar-refractivity contribution is 7.92. The Hall–Kier alpha value is -2.09. The molecule has 1 amide bonds. The summed E-state index contributed by atoms with van der Waals surface area (Å²) in [5.74, 6) is -0.370. The van der Waals surface area contributed by atoms with E-state index in [4.69, 9.17) is 11.6 Å². The maximum atomic E-state index is 12.5. The second kappa shape index (κ2) is 9.56. The zero-order valence-electron chi connectivity index (χ0n) is 14.5. The molecule has 140 valence electrons. The summed E-state index contributed by atoms with van der Waals surface area (Å²) in [6.45, 7) is 4.01. The average Bonchev–Trinajstić information content (AvgIpc) is 2.62. The predicted molar refractivity (Wildman–Crippen MR) is 104 cm³/mol. The summed E-state index contributed by atoms with van der Waals surface area (Å²) in [6.07, 6.45) is 1.01. The molecule has 0 aliphatic heterocycles. The van der Waals surface area contributed by atoms with Crippen LogP contribution in [0.15, 0.2) is 53.4 Å². The van der Waals surface area contributed by atoms with Crippen LogP contribution in [0.25, 0.3) is 0 Å². The van der Waals surface area contributed by atoms with Crippen LogP contribution in [0.4, 0.5) is 5.69 Å². The minimum absolute atomic E-state index is 0.107. The van der Waals surface area contributed by atoms with Crippen LogP contribution in [0.5, 0.6) is 0 Å². The first-order valence-electron chi connectivity index (χ1n) is 8.30. The molecule has 2 rings (SSSR count). The van der Waals surface area contributed by atoms with Crippen LogP contribution in [0.1, 0.15) is 23.7 Å². The molecule has 0 saturated carbocycles. The summed E-state index contributed by atoms with van der Waals surface area (Å²) in [7, 11) is -3.82. The van der Waals surface area contributed by atoms with Crippen LogP contribution in [0, 0.1) is 0 Å². The highest BCUT2D eigenvalue weighted by Gasteiger charge is 2.19. The monoisotopic (exact) mass is 395 g/mol. The van der Waals surface area contributed by atoms with Crippen LogP contribution < -0.4 is 15.4 Å². The average molecular weight is 396 g/mol. The third kappa shape index (κ3) is 5.72. The summed E-state index contributed by atoms with van der Waals surface area (Å²) in [5.41, 5.74) is 0.352. The number of hydrogen-bond acceptors (Lipinski definition) is 4. The van der Waals surface area contributed by atoms with Crippen molar-refractivity contribution in [2.24, 2.45) is 0 Å². The molecule has 0 unspecified atom stereocenters. The molecular weight excluding hydrogens is 374 g/mol. The Morgan fingerprint density at radius 3 is 2.46 bits per heavy atom. The summed E-state index contributed by atoms with van der Waals surface area (Å²) in [4.78, 5) is 12.5. The maximum absolute atomic E-state index is 12.5. The highest BCUT2D eigenvalue weighted by atomic mass is 35.5. The first-order chi connectivity index (χ1) is 12.4. The molecule has 0 heterocycles. The summed E-state index contributed by atoms with van der Waals surface area (Å²) in [6, 6.07) is 12.4. The van der Waals surface area contributed by atoms with Crippen molar-refractivity contribution >= 4 is 33.2 Å². The van der Waals surface area contributed by atoms with Crippen LogP contribution >= 0.6 is 11.6 Å². The number of halogens is 1. The molecule has 0 atom stereocenters. The second-order valence-electron chi connectivity index (χ2n) is 5.61. The standard InChI is InChI=1S/C18H22ClN3O3S/c1-2-10-20-11-12-21-18(23)16-9-8-14(19)13-17(16)22-26(24,25)15-6-4-3-5-7-15/h3-9,13,20,22H,2,10-12H2,1H3,(H,21,23). The van der Waals surface area contributed by atoms with Crippen LogP contribution in [0.2, 0.25) is 5.02 Å². The number of hydrogen-bond donors (Lipinski definition) is 3. The molecule has 2 aromatic carbocycles. The van der Waals surface area contributed by atoms with E-state index in [1.807, 2.05) is 0 Å². The molecule has 0 bridgehead atoms. The van der Waals surface area contributed by atoms with Gasteiger partial charge in [0.05, 0.1) is 16.1 Å². The lowest BCUT2D eigenvalue weighted by Crippen LogP contribution is -2.32. The number of benzene rings is 2. The van der Waals surface area contributed by atoms with Crippen LogP contribution in [-0.4, -0.2) is 34.0 Å². The molecular formula is C18H22ClN3O3S. The smallest absolute Gasteiger partial charge is 0.261 e. The zero-order chi connectivity index (χ0) is 19.0. The van der Waals surface area contributed by atoms with Crippen molar-refractivity contribution in [3.63, 3.8) is 0 Å². The molecule has 0 aliphatic rings. The van der Waals surface area contributed by atoms with Gasteiger partial charge < -0.3 is 10.6 Å². The maximum Gasteiger partial charge on any atom is 0.261 e. The first-order valence-corrected chi connectivity index (χ1v) is 10.2. The summed E-state index contributed by atoms with van der Waals surface area (Å²) in [5, 5.41) is 6.27. The van der Waals surface area contributed by atoms with E-state index in [2.05, 4.69) is 22.3 Å². The quantitative estimate of drug-likeness (QED) is 0.570. The van der Waals surface area contributed by atoms with Gasteiger partial charge in [-0.15, -0.1) is 0 Å². The highest BCUT2D eigenvalue weighted by Crippen LogP contribution is 2.24. The molecule has 0 fully saturated rings. The van der Waals surface area contributed by atoms with Gasteiger partial charge >= 0.3 is 0 Å². The van der Waals surface area contributed by atoms with E-state index in [1.54, 1.807) is 24.3 Å². The van der Waals surface area contributed by atoms with Gasteiger partial charge in [0.2, 0.25) is 0 Å². The lowest BCUT2D eigenvalue weighted by molar-refractivity contribution is 0.0955. The zero-order valence-corrected chi connectivity index (χ0v) is 16.0. The molecule has 0 spiro atoms. The Balaban J connectivity index is 2.16. The molecule has 0 aliphatic carbocycles. The van der Waals surface area contributed by atoms with Crippen molar-refractivity contribution in [2.45, 2.75) is 18.2 Å². The SMILES string of the molecule is CCCNCCNC(=O)c1ccc(Cl)cc1NS(=O)(=O)c1ccccc1. The summed E-state index contributed by atoms with van der Waals surface area (Å²) >= 11 is 5.98. The van der Waals surface area contributed by atoms with Gasteiger partial charge in [-0.3, -0.25) is 9.52 Å². The number of rotatable bonds is 9. The second-order valence-corrected chi connectivity index (χ2v) is 7.73. The van der Waals surface area contributed by atoms with E-state index in [0.717, 1.165) is 13.0 Å². The van der Waals surface area contributed by atoms with E-state index in [9.17, 15) is 13.2 Å². The molecule has 0 radical (unpaired) electrons. The molecule has 26 heavy (non-hydrogen) atoms. The lowest BCUT2D eigenvalue weighted by atomic mass is 10.1. The number of anilines is 1. The number of amides is 1. The molecule has 6 nitrogen and oxygen atoms in total. The lowest BCUT2D eigenvalue weighted by Gasteiger charge is -2.13. The molecule has 0 saturated heterocycles. The predicted octanol–water partition coefficient (Wildman–Crippen LogP) is 2.87. The van der Waals surface area contributed by atoms with Crippen molar-refractivity contribution in [1.82, 2.24) is 10.6 Å². The van der Waals surface area contributed by atoms with Crippen molar-refractivity contribution in [3.05, 3.63) is 59.1 Å². The molecule has 8 heteroatoms. The normalized spacial score (nSPS) is 11.2. The Labute approximate surface area is 159 Å². The van der Waals surface area contributed by atoms with E-state index in [-0.39, 0.29) is 22.1 Å². The minimum Gasteiger partial charge on any atom is -0.351 e. The fourth-order valence-electron chi connectivity index (χ4n) is 2.26. The van der Waals surface area contributed by atoms with Crippen molar-refractivity contribution in [1.29, 1.82) is 0 Å². The molecule has 2 aromatic rings. The van der Waals surface area contributed by atoms with Crippen molar-refractivity contribution in [3.8, 4) is 0 Å². The van der Waals surface area contributed by atoms with Gasteiger partial charge in [0.15, 0.2) is 0 Å². The fraction of sp³-hybridized carbons (Fsp3) is 0.278. The van der Waals surface area contributed by atoms with Gasteiger partial charge in [-0.25, -0.2) is 8.42 Å². The van der Waals surface area contributed by atoms with Gasteiger partial charge in [0.25, 0.3) is 15.9 Å². The number of carbonyl (C=O) groups excluding carboxylic acids is 1.